The summed E-state index contributed by atoms with van der Waals surface area (Å²) in [5.74, 6) is -0.310. The highest BCUT2D eigenvalue weighted by Gasteiger charge is 2.36. The lowest BCUT2D eigenvalue weighted by atomic mass is 10.1. The molecule has 35 heavy (non-hydrogen) atoms. The molecule has 0 saturated heterocycles. The van der Waals surface area contributed by atoms with Crippen LogP contribution in [0.5, 0.6) is 5.75 Å². The predicted octanol–water partition coefficient (Wildman–Crippen LogP) is 3.83. The molecule has 3 aromatic rings. The van der Waals surface area contributed by atoms with Crippen LogP contribution in [0, 0.1) is 0 Å². The van der Waals surface area contributed by atoms with Crippen molar-refractivity contribution in [2.24, 2.45) is 0 Å². The Morgan fingerprint density at radius 3 is 2.37 bits per heavy atom. The fourth-order valence-electron chi connectivity index (χ4n) is 4.21. The number of nitrogens with one attached hydrogen (secondary N) is 2. The Bertz CT molecular complexity index is 1100. The zero-order valence-corrected chi connectivity index (χ0v) is 19.6. The fourth-order valence-corrected chi connectivity index (χ4v) is 4.21. The van der Waals surface area contributed by atoms with Gasteiger partial charge in [-0.2, -0.15) is 0 Å². The molecule has 0 unspecified atom stereocenters. The molecule has 1 aromatic carbocycles. The quantitative estimate of drug-likeness (QED) is 0.457. The molecule has 2 N–H and O–H groups in total. The summed E-state index contributed by atoms with van der Waals surface area (Å²) in [6, 6.07) is 12.3. The van der Waals surface area contributed by atoms with E-state index in [1.165, 1.54) is 23.5 Å². The summed E-state index contributed by atoms with van der Waals surface area (Å²) in [5.41, 5.74) is 0.466. The van der Waals surface area contributed by atoms with Gasteiger partial charge in [-0.15, -0.1) is 0 Å². The highest BCUT2D eigenvalue weighted by Crippen LogP contribution is 2.31. The Morgan fingerprint density at radius 1 is 1.03 bits per heavy atom. The van der Waals surface area contributed by atoms with E-state index in [-0.39, 0.29) is 24.3 Å². The lowest BCUT2D eigenvalue weighted by Crippen LogP contribution is -2.49. The highest BCUT2D eigenvalue weighted by molar-refractivity contribution is 6.04. The van der Waals surface area contributed by atoms with Gasteiger partial charge in [-0.1, -0.05) is 12.8 Å². The minimum absolute atomic E-state index is 0.0518. The third kappa shape index (κ3) is 5.92. The number of carbonyl (C=O) groups is 3. The molecule has 9 heteroatoms. The second kappa shape index (κ2) is 11.4. The minimum Gasteiger partial charge on any atom is -0.494 e. The topological polar surface area (TPSA) is 114 Å². The van der Waals surface area contributed by atoms with E-state index in [1.807, 2.05) is 6.92 Å². The number of benzene rings is 1. The predicted molar refractivity (Wildman–Crippen MR) is 128 cm³/mol. The summed E-state index contributed by atoms with van der Waals surface area (Å²) >= 11 is 0. The highest BCUT2D eigenvalue weighted by atomic mass is 16.5. The van der Waals surface area contributed by atoms with Gasteiger partial charge >= 0.3 is 0 Å². The number of hydrogen-bond acceptors (Lipinski definition) is 6. The van der Waals surface area contributed by atoms with Crippen molar-refractivity contribution in [3.05, 3.63) is 72.6 Å². The number of amides is 3. The maximum Gasteiger partial charge on any atom is 0.287 e. The molecule has 1 saturated carbocycles. The van der Waals surface area contributed by atoms with E-state index in [0.29, 0.717) is 23.8 Å². The molecule has 1 aliphatic rings. The Hall–Kier alpha value is -4.01. The maximum atomic E-state index is 13.5. The zero-order valence-electron chi connectivity index (χ0n) is 19.6. The van der Waals surface area contributed by atoms with Crippen LogP contribution in [-0.2, 0) is 9.59 Å². The standard InChI is InChI=1S/C26H29N3O6/c1-2-33-20-13-11-19(12-14-20)29(23(30)17-27-25(31)22-10-6-16-35-22)24(21-9-5-15-34-21)26(32)28-18-7-3-4-8-18/h5-6,9-16,18,24H,2-4,7-8,17H2,1H3,(H,27,31)(H,28,32)/t24-/m0/s1. The first-order valence-electron chi connectivity index (χ1n) is 11.8. The van der Waals surface area contributed by atoms with Gasteiger partial charge in [0.05, 0.1) is 25.7 Å². The van der Waals surface area contributed by atoms with Crippen LogP contribution in [0.4, 0.5) is 5.69 Å². The summed E-state index contributed by atoms with van der Waals surface area (Å²) in [7, 11) is 0. The molecule has 1 atom stereocenters. The number of nitrogens with zero attached hydrogens (tertiary/aromatic N) is 1. The van der Waals surface area contributed by atoms with Crippen molar-refractivity contribution in [1.29, 1.82) is 0 Å². The van der Waals surface area contributed by atoms with Gasteiger partial charge in [-0.05, 0) is 68.3 Å². The smallest absolute Gasteiger partial charge is 0.287 e. The largest absolute Gasteiger partial charge is 0.494 e. The molecule has 3 amide bonds. The average molecular weight is 480 g/mol. The molecule has 0 radical (unpaired) electrons. The van der Waals surface area contributed by atoms with E-state index >= 15 is 0 Å². The van der Waals surface area contributed by atoms with Crippen LogP contribution in [-0.4, -0.2) is 36.9 Å². The summed E-state index contributed by atoms with van der Waals surface area (Å²) in [5, 5.41) is 5.64. The summed E-state index contributed by atoms with van der Waals surface area (Å²) in [6.07, 6.45) is 6.74. The second-order valence-corrected chi connectivity index (χ2v) is 8.26. The molecular formula is C26H29N3O6. The van der Waals surface area contributed by atoms with Crippen molar-refractivity contribution in [2.75, 3.05) is 18.1 Å². The van der Waals surface area contributed by atoms with Gasteiger partial charge in [-0.3, -0.25) is 19.3 Å². The van der Waals surface area contributed by atoms with Gasteiger partial charge in [0.1, 0.15) is 11.5 Å². The molecule has 1 fully saturated rings. The van der Waals surface area contributed by atoms with E-state index < -0.39 is 17.9 Å². The number of hydrogen-bond donors (Lipinski definition) is 2. The fraction of sp³-hybridized carbons (Fsp3) is 0.346. The number of carbonyl (C=O) groups excluding carboxylic acids is 3. The Balaban J connectivity index is 1.63. The monoisotopic (exact) mass is 479 g/mol. The van der Waals surface area contributed by atoms with Gasteiger partial charge in [0.25, 0.3) is 11.8 Å². The summed E-state index contributed by atoms with van der Waals surface area (Å²) in [4.78, 5) is 40.8. The normalized spacial score (nSPS) is 14.3. The lowest BCUT2D eigenvalue weighted by molar-refractivity contribution is -0.127. The average Bonchev–Trinajstić information content (AvgIpc) is 3.65. The van der Waals surface area contributed by atoms with Crippen LogP contribution < -0.4 is 20.3 Å². The molecule has 1 aliphatic carbocycles. The van der Waals surface area contributed by atoms with E-state index in [2.05, 4.69) is 10.6 Å². The maximum absolute atomic E-state index is 13.5. The van der Waals surface area contributed by atoms with Crippen LogP contribution in [0.25, 0.3) is 0 Å². The first-order valence-corrected chi connectivity index (χ1v) is 11.8. The van der Waals surface area contributed by atoms with Gasteiger partial charge in [0.15, 0.2) is 11.8 Å². The molecule has 9 nitrogen and oxygen atoms in total. The Morgan fingerprint density at radius 2 is 1.74 bits per heavy atom. The van der Waals surface area contributed by atoms with Crippen LogP contribution in [0.2, 0.25) is 0 Å². The van der Waals surface area contributed by atoms with Crippen LogP contribution in [0.3, 0.4) is 0 Å². The lowest BCUT2D eigenvalue weighted by Gasteiger charge is -2.31. The zero-order chi connectivity index (χ0) is 24.6. The number of rotatable bonds is 10. The molecular weight excluding hydrogens is 450 g/mol. The number of ether oxygens (including phenoxy) is 1. The van der Waals surface area contributed by atoms with Crippen molar-refractivity contribution < 1.29 is 28.0 Å². The Kier molecular flexibility index (Phi) is 7.87. The van der Waals surface area contributed by atoms with E-state index in [0.717, 1.165) is 25.7 Å². The number of furan rings is 2. The van der Waals surface area contributed by atoms with Crippen LogP contribution in [0.1, 0.15) is 55.0 Å². The van der Waals surface area contributed by atoms with Crippen molar-refractivity contribution in [3.63, 3.8) is 0 Å². The van der Waals surface area contributed by atoms with Gasteiger partial charge in [0, 0.05) is 11.7 Å². The van der Waals surface area contributed by atoms with E-state index in [9.17, 15) is 14.4 Å². The third-order valence-electron chi connectivity index (χ3n) is 5.86. The molecule has 184 valence electrons. The molecule has 0 aliphatic heterocycles. The van der Waals surface area contributed by atoms with Crippen molar-refractivity contribution >= 4 is 23.4 Å². The first-order chi connectivity index (χ1) is 17.1. The SMILES string of the molecule is CCOc1ccc(N(C(=O)CNC(=O)c2ccco2)[C@H](C(=O)NC2CCCC2)c2ccco2)cc1. The molecule has 0 spiro atoms. The van der Waals surface area contributed by atoms with Crippen LogP contribution in [0.15, 0.2) is 69.9 Å². The van der Waals surface area contributed by atoms with Crippen LogP contribution >= 0.6 is 0 Å². The molecule has 2 aromatic heterocycles. The van der Waals surface area contributed by atoms with Crippen molar-refractivity contribution in [2.45, 2.75) is 44.7 Å². The van der Waals surface area contributed by atoms with Crippen molar-refractivity contribution in [3.8, 4) is 5.75 Å². The van der Waals surface area contributed by atoms with E-state index in [4.69, 9.17) is 13.6 Å². The third-order valence-corrected chi connectivity index (χ3v) is 5.86. The van der Waals surface area contributed by atoms with E-state index in [1.54, 1.807) is 42.5 Å². The molecule has 2 heterocycles. The van der Waals surface area contributed by atoms with Gasteiger partial charge in [-0.25, -0.2) is 0 Å². The van der Waals surface area contributed by atoms with Gasteiger partial charge < -0.3 is 24.2 Å². The van der Waals surface area contributed by atoms with Gasteiger partial charge in [0.2, 0.25) is 5.91 Å². The minimum atomic E-state index is -1.06. The molecule has 0 bridgehead atoms. The Labute approximate surface area is 203 Å². The number of anilines is 1. The molecule has 4 rings (SSSR count). The first kappa shape index (κ1) is 24.1. The van der Waals surface area contributed by atoms with Crippen molar-refractivity contribution in [1.82, 2.24) is 10.6 Å². The second-order valence-electron chi connectivity index (χ2n) is 8.26. The summed E-state index contributed by atoms with van der Waals surface area (Å²) in [6.45, 7) is 2.03. The summed E-state index contributed by atoms with van der Waals surface area (Å²) < 4.78 is 16.2.